The molecule has 1 aromatic rings. The van der Waals surface area contributed by atoms with Gasteiger partial charge >= 0.3 is 0 Å². The Kier molecular flexibility index (Phi) is 4.71. The van der Waals surface area contributed by atoms with Crippen LogP contribution >= 0.6 is 15.9 Å². The second kappa shape index (κ2) is 6.39. The first-order valence-corrected chi connectivity index (χ1v) is 10.3. The molecule has 2 aliphatic rings. The first-order valence-electron chi connectivity index (χ1n) is 7.70. The van der Waals surface area contributed by atoms with Gasteiger partial charge < -0.3 is 5.32 Å². The number of hydrogen-bond donors (Lipinski definition) is 1. The highest BCUT2D eigenvalue weighted by Crippen LogP contribution is 2.30. The van der Waals surface area contributed by atoms with E-state index >= 15 is 0 Å². The van der Waals surface area contributed by atoms with E-state index < -0.39 is 9.84 Å². The van der Waals surface area contributed by atoms with Gasteiger partial charge in [-0.1, -0.05) is 28.1 Å². The van der Waals surface area contributed by atoms with Crippen LogP contribution in [0.5, 0.6) is 0 Å². The summed E-state index contributed by atoms with van der Waals surface area (Å²) >= 11 is 3.51. The summed E-state index contributed by atoms with van der Waals surface area (Å²) < 4.78 is 24.6. The highest BCUT2D eigenvalue weighted by Gasteiger charge is 2.34. The molecule has 1 heterocycles. The number of sulfone groups is 1. The molecule has 2 unspecified atom stereocenters. The first-order chi connectivity index (χ1) is 10.0. The maximum absolute atomic E-state index is 11.8. The molecule has 1 aliphatic carbocycles. The number of halogens is 1. The Labute approximate surface area is 135 Å². The van der Waals surface area contributed by atoms with Crippen molar-refractivity contribution < 1.29 is 8.42 Å². The quantitative estimate of drug-likeness (QED) is 0.835. The summed E-state index contributed by atoms with van der Waals surface area (Å²) in [4.78, 5) is 0. The minimum absolute atomic E-state index is 0.306. The van der Waals surface area contributed by atoms with Gasteiger partial charge in [0.25, 0.3) is 0 Å². The molecule has 1 N–H and O–H groups in total. The predicted molar refractivity (Wildman–Crippen MR) is 89.1 cm³/mol. The fourth-order valence-corrected chi connectivity index (χ4v) is 5.54. The van der Waals surface area contributed by atoms with Crippen molar-refractivity contribution in [2.45, 2.75) is 31.7 Å². The van der Waals surface area contributed by atoms with Gasteiger partial charge in [-0.05, 0) is 61.8 Å². The van der Waals surface area contributed by atoms with Crippen LogP contribution in [0, 0.1) is 11.8 Å². The van der Waals surface area contributed by atoms with Crippen molar-refractivity contribution in [2.75, 3.05) is 18.1 Å². The van der Waals surface area contributed by atoms with E-state index in [4.69, 9.17) is 0 Å². The molecule has 1 aromatic carbocycles. The van der Waals surface area contributed by atoms with Gasteiger partial charge in [0.1, 0.15) is 0 Å². The van der Waals surface area contributed by atoms with Gasteiger partial charge in [0.2, 0.25) is 0 Å². The zero-order valence-electron chi connectivity index (χ0n) is 12.1. The van der Waals surface area contributed by atoms with Crippen molar-refractivity contribution >= 4 is 25.8 Å². The minimum atomic E-state index is -2.80. The third-order valence-corrected chi connectivity index (χ3v) is 6.85. The van der Waals surface area contributed by atoms with Crippen molar-refractivity contribution in [1.82, 2.24) is 5.32 Å². The number of hydrogen-bond acceptors (Lipinski definition) is 3. The Bertz CT molecular complexity index is 598. The normalized spacial score (nSPS) is 25.9. The second-order valence-electron chi connectivity index (χ2n) is 6.44. The van der Waals surface area contributed by atoms with E-state index in [1.165, 1.54) is 18.4 Å². The summed E-state index contributed by atoms with van der Waals surface area (Å²) in [6.45, 7) is 0.942. The van der Waals surface area contributed by atoms with Gasteiger partial charge in [0.05, 0.1) is 11.5 Å². The lowest BCUT2D eigenvalue weighted by Gasteiger charge is -2.23. The number of benzene rings is 1. The van der Waals surface area contributed by atoms with E-state index in [0.29, 0.717) is 29.4 Å². The van der Waals surface area contributed by atoms with E-state index in [0.717, 1.165) is 23.9 Å². The monoisotopic (exact) mass is 371 g/mol. The SMILES string of the molecule is O=S1(=O)CCC(C(CNC2CC2)Cc2cccc(Br)c2)C1. The average molecular weight is 372 g/mol. The summed E-state index contributed by atoms with van der Waals surface area (Å²) in [5.74, 6) is 1.46. The minimum Gasteiger partial charge on any atom is -0.314 e. The van der Waals surface area contributed by atoms with Crippen molar-refractivity contribution in [3.05, 3.63) is 34.3 Å². The molecule has 116 valence electrons. The zero-order chi connectivity index (χ0) is 14.9. The van der Waals surface area contributed by atoms with Crippen LogP contribution < -0.4 is 5.32 Å². The molecule has 21 heavy (non-hydrogen) atoms. The Hall–Kier alpha value is -0.390. The molecular weight excluding hydrogens is 350 g/mol. The fourth-order valence-electron chi connectivity index (χ4n) is 3.17. The highest BCUT2D eigenvalue weighted by atomic mass is 79.9. The molecular formula is C16H22BrNO2S. The van der Waals surface area contributed by atoms with E-state index in [9.17, 15) is 8.42 Å². The van der Waals surface area contributed by atoms with Gasteiger partial charge in [0, 0.05) is 10.5 Å². The van der Waals surface area contributed by atoms with Crippen LogP contribution in [0.4, 0.5) is 0 Å². The van der Waals surface area contributed by atoms with E-state index in [1.807, 2.05) is 6.07 Å². The molecule has 1 saturated heterocycles. The van der Waals surface area contributed by atoms with Crippen molar-refractivity contribution in [3.8, 4) is 0 Å². The van der Waals surface area contributed by atoms with Gasteiger partial charge in [-0.25, -0.2) is 8.42 Å². The number of nitrogens with one attached hydrogen (secondary N) is 1. The lowest BCUT2D eigenvalue weighted by Crippen LogP contribution is -2.31. The molecule has 2 atom stereocenters. The molecule has 2 fully saturated rings. The Morgan fingerprint density at radius 2 is 2.10 bits per heavy atom. The molecule has 3 rings (SSSR count). The van der Waals surface area contributed by atoms with Gasteiger partial charge in [-0.3, -0.25) is 0 Å². The summed E-state index contributed by atoms with van der Waals surface area (Å²) in [5.41, 5.74) is 1.29. The fraction of sp³-hybridized carbons (Fsp3) is 0.625. The Balaban J connectivity index is 1.68. The average Bonchev–Trinajstić information content (AvgIpc) is 3.17. The van der Waals surface area contributed by atoms with E-state index in [-0.39, 0.29) is 0 Å². The molecule has 5 heteroatoms. The maximum Gasteiger partial charge on any atom is 0.150 e. The smallest absolute Gasteiger partial charge is 0.150 e. The zero-order valence-corrected chi connectivity index (χ0v) is 14.5. The first kappa shape index (κ1) is 15.5. The molecule has 3 nitrogen and oxygen atoms in total. The largest absolute Gasteiger partial charge is 0.314 e. The topological polar surface area (TPSA) is 46.2 Å². The molecule has 1 aliphatic heterocycles. The molecule has 0 amide bonds. The van der Waals surface area contributed by atoms with E-state index in [2.05, 4.69) is 39.4 Å². The van der Waals surface area contributed by atoms with Crippen LogP contribution in [0.1, 0.15) is 24.8 Å². The lowest BCUT2D eigenvalue weighted by atomic mass is 9.86. The van der Waals surface area contributed by atoms with Crippen molar-refractivity contribution in [1.29, 1.82) is 0 Å². The summed E-state index contributed by atoms with van der Waals surface area (Å²) in [7, 11) is -2.80. The highest BCUT2D eigenvalue weighted by molar-refractivity contribution is 9.10. The van der Waals surface area contributed by atoms with Gasteiger partial charge in [0.15, 0.2) is 9.84 Å². The molecule has 1 saturated carbocycles. The standard InChI is InChI=1S/C16H22BrNO2S/c17-15-3-1-2-12(9-15)8-14(10-18-16-4-5-16)13-6-7-21(19,20)11-13/h1-3,9,13-14,16,18H,4-8,10-11H2. The third-order valence-electron chi connectivity index (χ3n) is 4.57. The molecule has 0 radical (unpaired) electrons. The number of rotatable bonds is 6. The summed E-state index contributed by atoms with van der Waals surface area (Å²) in [6.07, 6.45) is 4.33. The van der Waals surface area contributed by atoms with Crippen LogP contribution in [0.2, 0.25) is 0 Å². The third kappa shape index (κ3) is 4.54. The Morgan fingerprint density at radius 3 is 2.71 bits per heavy atom. The van der Waals surface area contributed by atoms with Crippen LogP contribution in [-0.4, -0.2) is 32.5 Å². The van der Waals surface area contributed by atoms with Gasteiger partial charge in [-0.2, -0.15) is 0 Å². The lowest BCUT2D eigenvalue weighted by molar-refractivity contribution is 0.342. The molecule has 0 bridgehead atoms. The predicted octanol–water partition coefficient (Wildman–Crippen LogP) is 2.79. The van der Waals surface area contributed by atoms with Crippen molar-refractivity contribution in [3.63, 3.8) is 0 Å². The second-order valence-corrected chi connectivity index (χ2v) is 9.58. The van der Waals surface area contributed by atoms with Gasteiger partial charge in [-0.15, -0.1) is 0 Å². The summed E-state index contributed by atoms with van der Waals surface area (Å²) in [6, 6.07) is 9.04. The van der Waals surface area contributed by atoms with Crippen molar-refractivity contribution in [2.24, 2.45) is 11.8 Å². The Morgan fingerprint density at radius 1 is 1.29 bits per heavy atom. The molecule has 0 aromatic heterocycles. The van der Waals surface area contributed by atoms with Crippen LogP contribution in [-0.2, 0) is 16.3 Å². The molecule has 0 spiro atoms. The van der Waals surface area contributed by atoms with Crippen LogP contribution in [0.3, 0.4) is 0 Å². The maximum atomic E-state index is 11.8. The van der Waals surface area contributed by atoms with Crippen LogP contribution in [0.25, 0.3) is 0 Å². The van der Waals surface area contributed by atoms with E-state index in [1.54, 1.807) is 0 Å². The van der Waals surface area contributed by atoms with Crippen LogP contribution in [0.15, 0.2) is 28.7 Å². The summed E-state index contributed by atoms with van der Waals surface area (Å²) in [5, 5.41) is 3.59.